The Morgan fingerprint density at radius 2 is 2.12 bits per heavy atom. The van der Waals surface area contributed by atoms with Crippen molar-refractivity contribution in [2.75, 3.05) is 0 Å². The van der Waals surface area contributed by atoms with Crippen molar-refractivity contribution in [2.24, 2.45) is 5.73 Å². The number of hydrogen-bond acceptors (Lipinski definition) is 3. The Morgan fingerprint density at radius 1 is 1.47 bits per heavy atom. The molecule has 0 aromatic heterocycles. The maximum Gasteiger partial charge on any atom is 0.573 e. The van der Waals surface area contributed by atoms with E-state index in [-0.39, 0.29) is 11.4 Å². The zero-order valence-corrected chi connectivity index (χ0v) is 9.22. The van der Waals surface area contributed by atoms with Gasteiger partial charge >= 0.3 is 6.36 Å². The highest BCUT2D eigenvalue weighted by Gasteiger charge is 2.32. The lowest BCUT2D eigenvalue weighted by Gasteiger charge is -2.13. The molecule has 0 radical (unpaired) electrons. The fourth-order valence-electron chi connectivity index (χ4n) is 1.17. The van der Waals surface area contributed by atoms with Crippen LogP contribution in [-0.4, -0.2) is 6.36 Å². The third kappa shape index (κ3) is 4.13. The third-order valence-electron chi connectivity index (χ3n) is 1.92. The van der Waals surface area contributed by atoms with Gasteiger partial charge in [-0.2, -0.15) is 5.26 Å². The van der Waals surface area contributed by atoms with Crippen molar-refractivity contribution >= 4 is 11.6 Å². The highest BCUT2D eigenvalue weighted by Crippen LogP contribution is 2.32. The molecular weight excluding hydrogens is 257 g/mol. The van der Waals surface area contributed by atoms with Gasteiger partial charge in [0.05, 0.1) is 17.5 Å². The molecule has 1 aromatic rings. The largest absolute Gasteiger partial charge is 0.573 e. The summed E-state index contributed by atoms with van der Waals surface area (Å²) in [5.41, 5.74) is 6.09. The van der Waals surface area contributed by atoms with Gasteiger partial charge in [-0.05, 0) is 17.7 Å². The number of ether oxygens (including phenoxy) is 1. The fourth-order valence-corrected chi connectivity index (χ4v) is 1.40. The average molecular weight is 265 g/mol. The molecule has 17 heavy (non-hydrogen) atoms. The summed E-state index contributed by atoms with van der Waals surface area (Å²) in [4.78, 5) is 0. The van der Waals surface area contributed by atoms with Gasteiger partial charge in [0.15, 0.2) is 0 Å². The van der Waals surface area contributed by atoms with Gasteiger partial charge in [-0.25, -0.2) is 0 Å². The number of alkyl halides is 3. The van der Waals surface area contributed by atoms with Crippen molar-refractivity contribution in [3.63, 3.8) is 0 Å². The van der Waals surface area contributed by atoms with Crippen LogP contribution in [0.25, 0.3) is 0 Å². The van der Waals surface area contributed by atoms with E-state index >= 15 is 0 Å². The number of nitrogens with zero attached hydrogens (tertiary/aromatic N) is 1. The maximum atomic E-state index is 12.0. The maximum absolute atomic E-state index is 12.0. The minimum Gasteiger partial charge on any atom is -0.404 e. The van der Waals surface area contributed by atoms with Crippen molar-refractivity contribution in [2.45, 2.75) is 18.8 Å². The van der Waals surface area contributed by atoms with Crippen LogP contribution >= 0.6 is 11.6 Å². The standard InChI is InChI=1S/C10H8ClF3N2O/c11-7-5-6(8(16)3-4-15)1-2-9(7)17-10(12,13)14/h1-2,5,8H,3,16H2. The van der Waals surface area contributed by atoms with E-state index < -0.39 is 18.2 Å². The summed E-state index contributed by atoms with van der Waals surface area (Å²) < 4.78 is 39.5. The summed E-state index contributed by atoms with van der Waals surface area (Å²) in [5, 5.41) is 8.24. The Morgan fingerprint density at radius 3 is 2.59 bits per heavy atom. The van der Waals surface area contributed by atoms with Crippen LogP contribution in [0, 0.1) is 11.3 Å². The molecule has 0 heterocycles. The zero-order valence-electron chi connectivity index (χ0n) is 8.46. The predicted octanol–water partition coefficient (Wildman–Crippen LogP) is 3.15. The van der Waals surface area contributed by atoms with Crippen LogP contribution in [0.15, 0.2) is 18.2 Å². The smallest absolute Gasteiger partial charge is 0.404 e. The second kappa shape index (κ2) is 5.25. The molecule has 0 amide bonds. The highest BCUT2D eigenvalue weighted by molar-refractivity contribution is 6.32. The molecule has 0 spiro atoms. The molecule has 2 N–H and O–H groups in total. The van der Waals surface area contributed by atoms with E-state index in [4.69, 9.17) is 22.6 Å². The van der Waals surface area contributed by atoms with Gasteiger partial charge in [0.2, 0.25) is 0 Å². The van der Waals surface area contributed by atoms with Crippen LogP contribution < -0.4 is 10.5 Å². The first kappa shape index (κ1) is 13.6. The number of hydrogen-bond donors (Lipinski definition) is 1. The first-order valence-corrected chi connectivity index (χ1v) is 4.89. The van der Waals surface area contributed by atoms with Crippen LogP contribution in [0.4, 0.5) is 13.2 Å². The Kier molecular flexibility index (Phi) is 4.21. The molecule has 1 rings (SSSR count). The second-order valence-electron chi connectivity index (χ2n) is 3.21. The molecule has 0 aliphatic heterocycles. The van der Waals surface area contributed by atoms with Crippen molar-refractivity contribution in [1.82, 2.24) is 0 Å². The molecule has 0 saturated carbocycles. The van der Waals surface area contributed by atoms with Gasteiger partial charge in [0.25, 0.3) is 0 Å². The molecular formula is C10H8ClF3N2O. The molecule has 7 heteroatoms. The molecule has 92 valence electrons. The molecule has 0 aliphatic carbocycles. The highest BCUT2D eigenvalue weighted by atomic mass is 35.5. The monoisotopic (exact) mass is 264 g/mol. The lowest BCUT2D eigenvalue weighted by Crippen LogP contribution is -2.17. The SMILES string of the molecule is N#CCC(N)c1ccc(OC(F)(F)F)c(Cl)c1. The second-order valence-corrected chi connectivity index (χ2v) is 3.61. The number of nitrogens with two attached hydrogens (primary N) is 1. The Hall–Kier alpha value is -1.45. The Bertz CT molecular complexity index is 442. The summed E-state index contributed by atoms with van der Waals surface area (Å²) in [7, 11) is 0. The Balaban J connectivity index is 2.91. The van der Waals surface area contributed by atoms with Gasteiger partial charge in [-0.1, -0.05) is 17.7 Å². The lowest BCUT2D eigenvalue weighted by molar-refractivity contribution is -0.274. The van der Waals surface area contributed by atoms with Gasteiger partial charge < -0.3 is 10.5 Å². The molecule has 0 fully saturated rings. The molecule has 1 aromatic carbocycles. The van der Waals surface area contributed by atoms with Crippen LogP contribution in [0.1, 0.15) is 18.0 Å². The minimum absolute atomic E-state index is 0.0514. The van der Waals surface area contributed by atoms with Crippen LogP contribution in [0.5, 0.6) is 5.75 Å². The van der Waals surface area contributed by atoms with E-state index in [0.717, 1.165) is 6.07 Å². The van der Waals surface area contributed by atoms with Crippen molar-refractivity contribution < 1.29 is 17.9 Å². The summed E-state index contributed by atoms with van der Waals surface area (Å²) in [6.07, 6.45) is -4.74. The van der Waals surface area contributed by atoms with Crippen LogP contribution in [0.3, 0.4) is 0 Å². The molecule has 3 nitrogen and oxygen atoms in total. The van der Waals surface area contributed by atoms with Gasteiger partial charge in [0, 0.05) is 6.04 Å². The number of benzene rings is 1. The van der Waals surface area contributed by atoms with E-state index in [2.05, 4.69) is 4.74 Å². The topological polar surface area (TPSA) is 59.0 Å². The summed E-state index contributed by atoms with van der Waals surface area (Å²) in [6.45, 7) is 0. The average Bonchev–Trinajstić information content (AvgIpc) is 2.19. The first-order chi connectivity index (χ1) is 7.83. The third-order valence-corrected chi connectivity index (χ3v) is 2.22. The van der Waals surface area contributed by atoms with E-state index in [1.54, 1.807) is 0 Å². The number of halogens is 4. The zero-order chi connectivity index (χ0) is 13.1. The fraction of sp³-hybridized carbons (Fsp3) is 0.300. The van der Waals surface area contributed by atoms with Crippen molar-refractivity contribution in [3.05, 3.63) is 28.8 Å². The number of nitriles is 1. The molecule has 0 saturated heterocycles. The van der Waals surface area contributed by atoms with Gasteiger partial charge in [-0.15, -0.1) is 13.2 Å². The molecule has 1 unspecified atom stereocenters. The summed E-state index contributed by atoms with van der Waals surface area (Å²) in [6, 6.07) is 4.94. The van der Waals surface area contributed by atoms with Gasteiger partial charge in [0.1, 0.15) is 5.75 Å². The predicted molar refractivity (Wildman–Crippen MR) is 55.3 cm³/mol. The van der Waals surface area contributed by atoms with Crippen LogP contribution in [0.2, 0.25) is 5.02 Å². The van der Waals surface area contributed by atoms with E-state index in [1.807, 2.05) is 6.07 Å². The van der Waals surface area contributed by atoms with Gasteiger partial charge in [-0.3, -0.25) is 0 Å². The minimum atomic E-state index is -4.79. The number of rotatable bonds is 3. The van der Waals surface area contributed by atoms with E-state index in [9.17, 15) is 13.2 Å². The molecule has 0 bridgehead atoms. The van der Waals surface area contributed by atoms with E-state index in [0.29, 0.717) is 5.56 Å². The van der Waals surface area contributed by atoms with E-state index in [1.165, 1.54) is 12.1 Å². The van der Waals surface area contributed by atoms with Crippen LogP contribution in [-0.2, 0) is 0 Å². The summed E-state index contributed by atoms with van der Waals surface area (Å²) >= 11 is 5.62. The quantitative estimate of drug-likeness (QED) is 0.912. The van der Waals surface area contributed by atoms with Crippen molar-refractivity contribution in [3.8, 4) is 11.8 Å². The van der Waals surface area contributed by atoms with Crippen molar-refractivity contribution in [1.29, 1.82) is 5.26 Å². The Labute approximate surface area is 101 Å². The molecule has 1 atom stereocenters. The summed E-state index contributed by atoms with van der Waals surface area (Å²) in [5.74, 6) is -0.493. The first-order valence-electron chi connectivity index (χ1n) is 4.51. The lowest BCUT2D eigenvalue weighted by atomic mass is 10.1. The normalized spacial score (nSPS) is 12.9. The molecule has 0 aliphatic rings.